The van der Waals surface area contributed by atoms with Gasteiger partial charge in [0.1, 0.15) is 0 Å². The summed E-state index contributed by atoms with van der Waals surface area (Å²) in [4.78, 5) is 13.2. The van der Waals surface area contributed by atoms with Crippen LogP contribution in [0.4, 0.5) is 0 Å². The van der Waals surface area contributed by atoms with Crippen molar-refractivity contribution < 1.29 is 4.79 Å². The molecule has 0 spiro atoms. The van der Waals surface area contributed by atoms with Gasteiger partial charge in [0.25, 0.3) is 0 Å². The van der Waals surface area contributed by atoms with E-state index >= 15 is 0 Å². The molecule has 4 heteroatoms. The van der Waals surface area contributed by atoms with Crippen LogP contribution >= 0.6 is 21.0 Å². The van der Waals surface area contributed by atoms with E-state index in [9.17, 15) is 4.79 Å². The molecule has 2 nitrogen and oxygen atoms in total. The van der Waals surface area contributed by atoms with E-state index in [0.29, 0.717) is 5.92 Å². The maximum Gasteiger partial charge on any atom is 0.166 e. The topological polar surface area (TPSA) is 29.1 Å². The molecule has 1 N–H and O–H groups in total. The summed E-state index contributed by atoms with van der Waals surface area (Å²) in [5.41, 5.74) is 0.0179. The van der Waals surface area contributed by atoms with Crippen molar-refractivity contribution in [3.8, 4) is 0 Å². The van der Waals surface area contributed by atoms with Gasteiger partial charge in [0.05, 0.1) is 6.04 Å². The minimum absolute atomic E-state index is 0.0179. The Morgan fingerprint density at radius 1 is 1.80 bits per heavy atom. The van der Waals surface area contributed by atoms with E-state index in [1.54, 1.807) is 0 Å². The standard InChI is InChI=1S/C6H13ClNOP/c1-3-4(2)5(8-7)6(9)10/h4-5,8H,3,10H2,1-2H3/t4-,5?/m0/s1. The summed E-state index contributed by atoms with van der Waals surface area (Å²) in [5.74, 6) is 0.294. The lowest BCUT2D eigenvalue weighted by atomic mass is 10.0. The molecule has 60 valence electrons. The maximum absolute atomic E-state index is 10.8. The van der Waals surface area contributed by atoms with Crippen LogP contribution in [-0.4, -0.2) is 11.6 Å². The first-order chi connectivity index (χ1) is 4.63. The van der Waals surface area contributed by atoms with Crippen molar-refractivity contribution in [2.24, 2.45) is 5.92 Å². The number of rotatable bonds is 4. The first-order valence-electron chi connectivity index (χ1n) is 3.29. The molecule has 0 radical (unpaired) electrons. The van der Waals surface area contributed by atoms with Crippen LogP contribution in [0.5, 0.6) is 0 Å². The molecule has 0 aliphatic rings. The minimum Gasteiger partial charge on any atom is -0.293 e. The second kappa shape index (κ2) is 5.06. The molecule has 0 bridgehead atoms. The van der Waals surface area contributed by atoms with Crippen LogP contribution in [-0.2, 0) is 4.79 Å². The Labute approximate surface area is 69.0 Å². The quantitative estimate of drug-likeness (QED) is 0.527. The number of halogens is 1. The monoisotopic (exact) mass is 181 g/mol. The van der Waals surface area contributed by atoms with Crippen molar-refractivity contribution in [3.63, 3.8) is 0 Å². The van der Waals surface area contributed by atoms with Gasteiger partial charge in [-0.15, -0.1) is 0 Å². The second-order valence-electron chi connectivity index (χ2n) is 2.37. The molecule has 0 saturated heterocycles. The fraction of sp³-hybridized carbons (Fsp3) is 0.833. The number of hydrogen-bond acceptors (Lipinski definition) is 2. The molecular weight excluding hydrogens is 168 g/mol. The van der Waals surface area contributed by atoms with E-state index in [2.05, 4.69) is 14.1 Å². The normalized spacial score (nSPS) is 16.4. The van der Waals surface area contributed by atoms with Gasteiger partial charge in [-0.2, -0.15) is 0 Å². The molecule has 0 aromatic rings. The average molecular weight is 182 g/mol. The highest BCUT2D eigenvalue weighted by atomic mass is 35.5. The summed E-state index contributed by atoms with van der Waals surface area (Å²) >= 11 is 5.35. The Morgan fingerprint density at radius 3 is 2.40 bits per heavy atom. The maximum atomic E-state index is 10.8. The van der Waals surface area contributed by atoms with Crippen molar-refractivity contribution in [2.75, 3.05) is 0 Å². The molecule has 0 aromatic heterocycles. The summed E-state index contributed by atoms with van der Waals surface area (Å²) in [7, 11) is 2.13. The van der Waals surface area contributed by atoms with Crippen LogP contribution in [0.1, 0.15) is 20.3 Å². The Bertz CT molecular complexity index is 120. The van der Waals surface area contributed by atoms with E-state index in [0.717, 1.165) is 6.42 Å². The van der Waals surface area contributed by atoms with Crippen LogP contribution < -0.4 is 4.84 Å². The molecule has 2 unspecified atom stereocenters. The Balaban J connectivity index is 3.92. The molecular formula is C6H13ClNOP. The fourth-order valence-corrected chi connectivity index (χ4v) is 1.52. The third-order valence-corrected chi connectivity index (χ3v) is 2.23. The molecule has 0 amide bonds. The number of nitrogens with one attached hydrogen (secondary N) is 1. The lowest BCUT2D eigenvalue weighted by Gasteiger charge is -2.16. The third kappa shape index (κ3) is 2.96. The summed E-state index contributed by atoms with van der Waals surface area (Å²) in [5, 5.41) is 0. The largest absolute Gasteiger partial charge is 0.293 e. The summed E-state index contributed by atoms with van der Waals surface area (Å²) in [6.07, 6.45) is 0.949. The molecule has 0 heterocycles. The lowest BCUT2D eigenvalue weighted by molar-refractivity contribution is -0.113. The number of hydrogen-bond donors (Lipinski definition) is 1. The van der Waals surface area contributed by atoms with Gasteiger partial charge < -0.3 is 0 Å². The fourth-order valence-electron chi connectivity index (χ4n) is 0.677. The van der Waals surface area contributed by atoms with Gasteiger partial charge in [-0.05, 0) is 17.7 Å². The van der Waals surface area contributed by atoms with Crippen molar-refractivity contribution in [1.29, 1.82) is 0 Å². The van der Waals surface area contributed by atoms with Gasteiger partial charge in [-0.3, -0.25) is 4.79 Å². The van der Waals surface area contributed by atoms with Gasteiger partial charge in [0.2, 0.25) is 0 Å². The van der Waals surface area contributed by atoms with Crippen molar-refractivity contribution >= 4 is 26.5 Å². The number of carbonyl (C=O) groups excluding carboxylic acids is 1. The van der Waals surface area contributed by atoms with Gasteiger partial charge in [-0.1, -0.05) is 29.5 Å². The SMILES string of the molecule is CC[C@H](C)C(NCl)C(=O)P. The molecule has 0 rings (SSSR count). The van der Waals surface area contributed by atoms with Crippen molar-refractivity contribution in [2.45, 2.75) is 26.3 Å². The van der Waals surface area contributed by atoms with Gasteiger partial charge in [-0.25, -0.2) is 4.84 Å². The minimum atomic E-state index is -0.225. The Morgan fingerprint density at radius 2 is 2.30 bits per heavy atom. The second-order valence-corrected chi connectivity index (χ2v) is 3.16. The smallest absolute Gasteiger partial charge is 0.166 e. The molecule has 0 saturated carbocycles. The van der Waals surface area contributed by atoms with E-state index in [1.165, 1.54) is 0 Å². The highest BCUT2D eigenvalue weighted by Gasteiger charge is 2.18. The molecule has 3 atom stereocenters. The van der Waals surface area contributed by atoms with E-state index < -0.39 is 0 Å². The van der Waals surface area contributed by atoms with Crippen LogP contribution in [0.2, 0.25) is 0 Å². The van der Waals surface area contributed by atoms with E-state index in [4.69, 9.17) is 11.8 Å². The average Bonchev–Trinajstić information content (AvgIpc) is 1.88. The summed E-state index contributed by atoms with van der Waals surface area (Å²) in [6.45, 7) is 4.02. The highest BCUT2D eigenvalue weighted by Crippen LogP contribution is 2.11. The molecule has 10 heavy (non-hydrogen) atoms. The predicted molar refractivity (Wildman–Crippen MR) is 46.9 cm³/mol. The predicted octanol–water partition coefficient (Wildman–Crippen LogP) is 1.55. The zero-order valence-electron chi connectivity index (χ0n) is 6.23. The summed E-state index contributed by atoms with van der Waals surface area (Å²) < 4.78 is 0. The highest BCUT2D eigenvalue weighted by molar-refractivity contribution is 7.40. The first kappa shape index (κ1) is 10.3. The number of carbonyl (C=O) groups is 1. The molecule has 0 aliphatic heterocycles. The first-order valence-corrected chi connectivity index (χ1v) is 4.24. The molecule has 0 aromatic carbocycles. The third-order valence-electron chi connectivity index (χ3n) is 1.64. The van der Waals surface area contributed by atoms with Crippen molar-refractivity contribution in [1.82, 2.24) is 4.84 Å². The molecule has 0 aliphatic carbocycles. The Hall–Kier alpha value is 0.350. The zero-order chi connectivity index (χ0) is 8.15. The van der Waals surface area contributed by atoms with Crippen LogP contribution in [0.3, 0.4) is 0 Å². The van der Waals surface area contributed by atoms with Crippen LogP contribution in [0.25, 0.3) is 0 Å². The van der Waals surface area contributed by atoms with Gasteiger partial charge >= 0.3 is 0 Å². The zero-order valence-corrected chi connectivity index (χ0v) is 8.14. The van der Waals surface area contributed by atoms with Crippen LogP contribution in [0.15, 0.2) is 0 Å². The lowest BCUT2D eigenvalue weighted by Crippen LogP contribution is -2.33. The van der Waals surface area contributed by atoms with E-state index in [-0.39, 0.29) is 11.6 Å². The molecule has 0 fully saturated rings. The Kier molecular flexibility index (Phi) is 5.24. The van der Waals surface area contributed by atoms with Gasteiger partial charge in [0.15, 0.2) is 5.52 Å². The van der Waals surface area contributed by atoms with Gasteiger partial charge in [0, 0.05) is 0 Å². The van der Waals surface area contributed by atoms with Crippen molar-refractivity contribution in [3.05, 3.63) is 0 Å². The van der Waals surface area contributed by atoms with Crippen LogP contribution in [0, 0.1) is 5.92 Å². The summed E-state index contributed by atoms with van der Waals surface area (Å²) in [6, 6.07) is -0.225. The van der Waals surface area contributed by atoms with E-state index in [1.807, 2.05) is 13.8 Å².